The molecule has 4 heteroatoms. The van der Waals surface area contributed by atoms with Gasteiger partial charge in [0.2, 0.25) is 5.91 Å². The van der Waals surface area contributed by atoms with Crippen molar-refractivity contribution in [2.24, 2.45) is 0 Å². The van der Waals surface area contributed by atoms with Gasteiger partial charge in [-0.05, 0) is 48.8 Å². The van der Waals surface area contributed by atoms with Crippen LogP contribution < -0.4 is 4.90 Å². The molecule has 26 heavy (non-hydrogen) atoms. The number of hydrogen-bond acceptors (Lipinski definition) is 2. The van der Waals surface area contributed by atoms with E-state index in [1.165, 1.54) is 11.1 Å². The van der Waals surface area contributed by atoms with Gasteiger partial charge in [-0.3, -0.25) is 4.79 Å². The molecule has 1 aliphatic heterocycles. The van der Waals surface area contributed by atoms with Crippen molar-refractivity contribution in [3.63, 3.8) is 0 Å². The van der Waals surface area contributed by atoms with Crippen molar-refractivity contribution in [2.45, 2.75) is 31.6 Å². The molecule has 1 aliphatic carbocycles. The number of nitrogens with zero attached hydrogens (tertiary/aromatic N) is 2. The molecule has 4 rings (SSSR count). The second-order valence-electron chi connectivity index (χ2n) is 7.28. The Morgan fingerprint density at radius 2 is 1.81 bits per heavy atom. The van der Waals surface area contributed by atoms with E-state index in [4.69, 9.17) is 11.6 Å². The van der Waals surface area contributed by atoms with E-state index in [1.807, 2.05) is 23.1 Å². The van der Waals surface area contributed by atoms with Crippen molar-refractivity contribution in [3.8, 4) is 0 Å². The summed E-state index contributed by atoms with van der Waals surface area (Å²) in [5.41, 5.74) is 3.14. The van der Waals surface area contributed by atoms with Crippen LogP contribution in [0.1, 0.15) is 37.3 Å². The fourth-order valence-electron chi connectivity index (χ4n) is 4.45. The van der Waals surface area contributed by atoms with Crippen molar-refractivity contribution in [3.05, 3.63) is 64.7 Å². The molecule has 0 bridgehead atoms. The molecule has 2 aliphatic rings. The van der Waals surface area contributed by atoms with Gasteiger partial charge < -0.3 is 9.80 Å². The molecule has 1 amide bonds. The maximum atomic E-state index is 13.5. The Kier molecular flexibility index (Phi) is 4.54. The van der Waals surface area contributed by atoms with Gasteiger partial charge in [0.15, 0.2) is 0 Å². The molecule has 2 atom stereocenters. The Bertz CT molecular complexity index is 815. The molecule has 0 N–H and O–H groups in total. The molecule has 1 heterocycles. The SMILES string of the molecule is CCN(CC)CCN1C(=O)[C@@]2(C[C@H]2c2ccc(Cl)cc2)c2ccccc21. The van der Waals surface area contributed by atoms with Gasteiger partial charge in [0.25, 0.3) is 0 Å². The lowest BCUT2D eigenvalue weighted by atomic mass is 9.92. The number of hydrogen-bond donors (Lipinski definition) is 0. The van der Waals surface area contributed by atoms with Gasteiger partial charge in [-0.1, -0.05) is 55.8 Å². The summed E-state index contributed by atoms with van der Waals surface area (Å²) in [6, 6.07) is 16.3. The number of carbonyl (C=O) groups is 1. The highest BCUT2D eigenvalue weighted by atomic mass is 35.5. The van der Waals surface area contributed by atoms with Gasteiger partial charge in [-0.2, -0.15) is 0 Å². The number of rotatable bonds is 6. The second-order valence-corrected chi connectivity index (χ2v) is 7.72. The fraction of sp³-hybridized carbons (Fsp3) is 0.409. The molecule has 3 nitrogen and oxygen atoms in total. The molecule has 1 fully saturated rings. The molecule has 0 unspecified atom stereocenters. The second kappa shape index (κ2) is 6.71. The number of anilines is 1. The third-order valence-corrected chi connectivity index (χ3v) is 6.32. The van der Waals surface area contributed by atoms with E-state index < -0.39 is 0 Å². The lowest BCUT2D eigenvalue weighted by molar-refractivity contribution is -0.120. The molecule has 1 saturated carbocycles. The Hall–Kier alpha value is -1.84. The van der Waals surface area contributed by atoms with Crippen LogP contribution in [-0.4, -0.2) is 37.0 Å². The minimum Gasteiger partial charge on any atom is -0.310 e. The molecule has 0 saturated heterocycles. The maximum absolute atomic E-state index is 13.5. The van der Waals surface area contributed by atoms with E-state index in [2.05, 4.69) is 49.1 Å². The first-order chi connectivity index (χ1) is 12.6. The van der Waals surface area contributed by atoms with Crippen LogP contribution in [0, 0.1) is 0 Å². The first-order valence-electron chi connectivity index (χ1n) is 9.51. The lowest BCUT2D eigenvalue weighted by Crippen LogP contribution is -2.39. The highest BCUT2D eigenvalue weighted by Gasteiger charge is 2.66. The van der Waals surface area contributed by atoms with Gasteiger partial charge >= 0.3 is 0 Å². The van der Waals surface area contributed by atoms with Crippen molar-refractivity contribution in [1.82, 2.24) is 4.90 Å². The molecule has 0 radical (unpaired) electrons. The Morgan fingerprint density at radius 3 is 2.50 bits per heavy atom. The summed E-state index contributed by atoms with van der Waals surface area (Å²) in [5.74, 6) is 0.526. The summed E-state index contributed by atoms with van der Waals surface area (Å²) in [5, 5.41) is 0.738. The van der Waals surface area contributed by atoms with Crippen LogP contribution in [0.3, 0.4) is 0 Å². The first kappa shape index (κ1) is 17.6. The summed E-state index contributed by atoms with van der Waals surface area (Å²) in [4.78, 5) is 17.9. The number of benzene rings is 2. The standard InChI is InChI=1S/C22H25ClN2O/c1-3-24(4-2)13-14-25-20-8-6-5-7-18(20)22(21(25)26)15-19(22)16-9-11-17(23)12-10-16/h5-12,19H,3-4,13-15H2,1-2H3/t19-,22-/m0/s1. The van der Waals surface area contributed by atoms with E-state index in [-0.39, 0.29) is 17.2 Å². The quantitative estimate of drug-likeness (QED) is 0.751. The molecule has 0 aromatic heterocycles. The van der Waals surface area contributed by atoms with Crippen LogP contribution in [0.5, 0.6) is 0 Å². The molecular formula is C22H25ClN2O. The van der Waals surface area contributed by atoms with Crippen LogP contribution in [0.4, 0.5) is 5.69 Å². The number of halogens is 1. The summed E-state index contributed by atoms with van der Waals surface area (Å²) in [6.45, 7) is 8.03. The summed E-state index contributed by atoms with van der Waals surface area (Å²) < 4.78 is 0. The van der Waals surface area contributed by atoms with Crippen LogP contribution in [0.25, 0.3) is 0 Å². The smallest absolute Gasteiger partial charge is 0.238 e. The number of amides is 1. The van der Waals surface area contributed by atoms with Crippen molar-refractivity contribution in [2.75, 3.05) is 31.1 Å². The highest BCUT2D eigenvalue weighted by molar-refractivity contribution is 6.30. The molecule has 2 aromatic carbocycles. The zero-order valence-electron chi connectivity index (χ0n) is 15.4. The van der Waals surface area contributed by atoms with Gasteiger partial charge in [0.05, 0.1) is 5.41 Å². The maximum Gasteiger partial charge on any atom is 0.238 e. The third kappa shape index (κ3) is 2.65. The zero-order chi connectivity index (χ0) is 18.3. The fourth-order valence-corrected chi connectivity index (χ4v) is 4.58. The van der Waals surface area contributed by atoms with Crippen molar-refractivity contribution in [1.29, 1.82) is 0 Å². The predicted octanol–water partition coefficient (Wildman–Crippen LogP) is 4.45. The number of likely N-dealkylation sites (N-methyl/N-ethyl adjacent to an activating group) is 1. The van der Waals surface area contributed by atoms with E-state index in [0.29, 0.717) is 0 Å². The van der Waals surface area contributed by atoms with Crippen molar-refractivity contribution >= 4 is 23.2 Å². The van der Waals surface area contributed by atoms with Gasteiger partial charge in [0, 0.05) is 29.7 Å². The number of para-hydroxylation sites is 1. The minimum atomic E-state index is -0.367. The normalized spacial score (nSPS) is 23.8. The lowest BCUT2D eigenvalue weighted by Gasteiger charge is -2.24. The molecular weight excluding hydrogens is 344 g/mol. The van der Waals surface area contributed by atoms with Crippen LogP contribution >= 0.6 is 11.6 Å². The topological polar surface area (TPSA) is 23.6 Å². The number of carbonyl (C=O) groups excluding carboxylic acids is 1. The first-order valence-corrected chi connectivity index (χ1v) is 9.89. The van der Waals surface area contributed by atoms with Crippen LogP contribution in [0.15, 0.2) is 48.5 Å². The van der Waals surface area contributed by atoms with Gasteiger partial charge in [-0.25, -0.2) is 0 Å². The highest BCUT2D eigenvalue weighted by Crippen LogP contribution is 2.66. The summed E-state index contributed by atoms with van der Waals surface area (Å²) in [6.07, 6.45) is 0.895. The summed E-state index contributed by atoms with van der Waals surface area (Å²) in [7, 11) is 0. The van der Waals surface area contributed by atoms with Crippen LogP contribution in [0.2, 0.25) is 5.02 Å². The van der Waals surface area contributed by atoms with Gasteiger partial charge in [-0.15, -0.1) is 0 Å². The molecule has 1 spiro atoms. The van der Waals surface area contributed by atoms with E-state index in [0.717, 1.165) is 43.3 Å². The van der Waals surface area contributed by atoms with Gasteiger partial charge in [0.1, 0.15) is 0 Å². The predicted molar refractivity (Wildman–Crippen MR) is 107 cm³/mol. The minimum absolute atomic E-state index is 0.256. The Balaban J connectivity index is 1.63. The largest absolute Gasteiger partial charge is 0.310 e. The monoisotopic (exact) mass is 368 g/mol. The summed E-state index contributed by atoms with van der Waals surface area (Å²) >= 11 is 6.04. The third-order valence-electron chi connectivity index (χ3n) is 6.07. The number of fused-ring (bicyclic) bond motifs is 2. The Morgan fingerprint density at radius 1 is 1.12 bits per heavy atom. The zero-order valence-corrected chi connectivity index (χ0v) is 16.2. The van der Waals surface area contributed by atoms with Crippen molar-refractivity contribution < 1.29 is 4.79 Å². The molecule has 136 valence electrons. The average Bonchev–Trinajstić information content (AvgIpc) is 3.37. The van der Waals surface area contributed by atoms with E-state index >= 15 is 0 Å². The van der Waals surface area contributed by atoms with E-state index in [9.17, 15) is 4.79 Å². The average molecular weight is 369 g/mol. The van der Waals surface area contributed by atoms with Crippen LogP contribution in [-0.2, 0) is 10.2 Å². The van der Waals surface area contributed by atoms with E-state index in [1.54, 1.807) is 0 Å². The molecule has 2 aromatic rings. The Labute approximate surface area is 160 Å².